The zero-order chi connectivity index (χ0) is 24.8. The molecule has 4 N–H and O–H groups in total. The number of amides is 2. The van der Waals surface area contributed by atoms with E-state index in [9.17, 15) is 14.0 Å². The van der Waals surface area contributed by atoms with Gasteiger partial charge in [0, 0.05) is 42.5 Å². The van der Waals surface area contributed by atoms with Crippen LogP contribution in [0, 0.1) is 5.82 Å². The van der Waals surface area contributed by atoms with Crippen LogP contribution >= 0.6 is 0 Å². The van der Waals surface area contributed by atoms with Crippen molar-refractivity contribution in [2.75, 3.05) is 29.2 Å². The van der Waals surface area contributed by atoms with Crippen LogP contribution in [0.1, 0.15) is 36.4 Å². The number of rotatable bonds is 8. The van der Waals surface area contributed by atoms with Crippen molar-refractivity contribution in [3.63, 3.8) is 0 Å². The van der Waals surface area contributed by atoms with Crippen molar-refractivity contribution in [1.29, 1.82) is 0 Å². The maximum atomic E-state index is 14.7. The van der Waals surface area contributed by atoms with Crippen molar-refractivity contribution in [1.82, 2.24) is 0 Å². The molecule has 0 bridgehead atoms. The van der Waals surface area contributed by atoms with E-state index < -0.39 is 17.8 Å². The average Bonchev–Trinajstić information content (AvgIpc) is 2.88. The lowest BCUT2D eigenvalue weighted by Crippen LogP contribution is -2.35. The van der Waals surface area contributed by atoms with Gasteiger partial charge in [-0.2, -0.15) is 0 Å². The first kappa shape index (κ1) is 24.2. The number of halogens is 1. The van der Waals surface area contributed by atoms with Gasteiger partial charge in [0.05, 0.1) is 12.8 Å². The molecule has 1 atom stereocenters. The van der Waals surface area contributed by atoms with Crippen molar-refractivity contribution in [2.24, 2.45) is 5.73 Å². The number of hydrogen-bond donors (Lipinski definition) is 3. The Bertz CT molecular complexity index is 1220. The highest BCUT2D eigenvalue weighted by atomic mass is 19.1. The SMILES string of the molecule is COc1cc(NC(=O)C(Nc2cccc(CN)c2)c2ccccc2F)ccc1N1CCCCC1=O. The van der Waals surface area contributed by atoms with Gasteiger partial charge in [0.25, 0.3) is 5.91 Å². The smallest absolute Gasteiger partial charge is 0.251 e. The van der Waals surface area contributed by atoms with Crippen LogP contribution in [0.2, 0.25) is 0 Å². The van der Waals surface area contributed by atoms with Gasteiger partial charge in [-0.25, -0.2) is 4.39 Å². The molecule has 2 amide bonds. The molecule has 8 heteroatoms. The van der Waals surface area contributed by atoms with E-state index in [0.29, 0.717) is 42.3 Å². The van der Waals surface area contributed by atoms with Crippen LogP contribution in [0.5, 0.6) is 5.75 Å². The van der Waals surface area contributed by atoms with Gasteiger partial charge < -0.3 is 26.0 Å². The molecule has 0 aromatic heterocycles. The Morgan fingerprint density at radius 2 is 1.91 bits per heavy atom. The summed E-state index contributed by atoms with van der Waals surface area (Å²) in [4.78, 5) is 27.5. The number of carbonyl (C=O) groups is 2. The quantitative estimate of drug-likeness (QED) is 0.442. The summed E-state index contributed by atoms with van der Waals surface area (Å²) in [7, 11) is 1.52. The van der Waals surface area contributed by atoms with Crippen LogP contribution in [0.25, 0.3) is 0 Å². The number of nitrogens with zero attached hydrogens (tertiary/aromatic N) is 1. The molecule has 0 saturated carbocycles. The molecule has 0 radical (unpaired) electrons. The minimum Gasteiger partial charge on any atom is -0.494 e. The highest BCUT2D eigenvalue weighted by Gasteiger charge is 2.26. The first-order valence-corrected chi connectivity index (χ1v) is 11.6. The van der Waals surface area contributed by atoms with Crippen molar-refractivity contribution >= 4 is 28.9 Å². The summed E-state index contributed by atoms with van der Waals surface area (Å²) in [5.74, 6) is -0.414. The lowest BCUT2D eigenvalue weighted by molar-refractivity contribution is -0.119. The summed E-state index contributed by atoms with van der Waals surface area (Å²) in [5.41, 5.74) is 8.63. The lowest BCUT2D eigenvalue weighted by atomic mass is 10.0. The van der Waals surface area contributed by atoms with Gasteiger partial charge in [-0.15, -0.1) is 0 Å². The second kappa shape index (κ2) is 11.0. The predicted octanol–water partition coefficient (Wildman–Crippen LogP) is 4.60. The molecule has 0 aliphatic carbocycles. The number of methoxy groups -OCH3 is 1. The summed E-state index contributed by atoms with van der Waals surface area (Å²) in [6.45, 7) is 0.972. The van der Waals surface area contributed by atoms with E-state index in [1.165, 1.54) is 13.2 Å². The first-order chi connectivity index (χ1) is 17.0. The molecule has 1 saturated heterocycles. The number of nitrogens with two attached hydrogens (primary N) is 1. The zero-order valence-electron chi connectivity index (χ0n) is 19.6. The second-order valence-electron chi connectivity index (χ2n) is 8.38. The van der Waals surface area contributed by atoms with E-state index >= 15 is 0 Å². The van der Waals surface area contributed by atoms with Gasteiger partial charge in [-0.05, 0) is 48.7 Å². The van der Waals surface area contributed by atoms with Crippen LogP contribution in [0.15, 0.2) is 66.7 Å². The van der Waals surface area contributed by atoms with Crippen LogP contribution in [-0.2, 0) is 16.1 Å². The molecule has 4 rings (SSSR count). The average molecular weight is 477 g/mol. The van der Waals surface area contributed by atoms with Gasteiger partial charge in [0.1, 0.15) is 17.6 Å². The fourth-order valence-electron chi connectivity index (χ4n) is 4.20. The van der Waals surface area contributed by atoms with Gasteiger partial charge in [0.2, 0.25) is 5.91 Å². The van der Waals surface area contributed by atoms with E-state index in [4.69, 9.17) is 10.5 Å². The Morgan fingerprint density at radius 1 is 1.09 bits per heavy atom. The third-order valence-electron chi connectivity index (χ3n) is 6.01. The largest absolute Gasteiger partial charge is 0.494 e. The third kappa shape index (κ3) is 5.60. The highest BCUT2D eigenvalue weighted by Crippen LogP contribution is 2.34. The predicted molar refractivity (Wildman–Crippen MR) is 135 cm³/mol. The molecule has 1 heterocycles. The number of ether oxygens (including phenoxy) is 1. The fraction of sp³-hybridized carbons (Fsp3) is 0.259. The first-order valence-electron chi connectivity index (χ1n) is 11.6. The number of hydrogen-bond acceptors (Lipinski definition) is 5. The molecule has 1 aliphatic rings. The molecule has 3 aromatic rings. The van der Waals surface area contributed by atoms with Crippen molar-refractivity contribution in [3.05, 3.63) is 83.7 Å². The van der Waals surface area contributed by atoms with Gasteiger partial charge in [0.15, 0.2) is 0 Å². The van der Waals surface area contributed by atoms with Crippen LogP contribution in [0.3, 0.4) is 0 Å². The number of anilines is 3. The maximum Gasteiger partial charge on any atom is 0.251 e. The maximum absolute atomic E-state index is 14.7. The minimum absolute atomic E-state index is 0.0508. The van der Waals surface area contributed by atoms with Crippen molar-refractivity contribution < 1.29 is 18.7 Å². The lowest BCUT2D eigenvalue weighted by Gasteiger charge is -2.28. The summed E-state index contributed by atoms with van der Waals surface area (Å²) in [6, 6.07) is 17.6. The van der Waals surface area contributed by atoms with Crippen LogP contribution in [-0.4, -0.2) is 25.5 Å². The monoisotopic (exact) mass is 476 g/mol. The number of benzene rings is 3. The van der Waals surface area contributed by atoms with E-state index in [1.807, 2.05) is 18.2 Å². The Labute approximate surface area is 204 Å². The molecule has 0 spiro atoms. The van der Waals surface area contributed by atoms with E-state index in [0.717, 1.165) is 18.4 Å². The van der Waals surface area contributed by atoms with E-state index in [1.54, 1.807) is 47.4 Å². The Balaban J connectivity index is 1.61. The molecule has 182 valence electrons. The molecular formula is C27H29FN4O3. The summed E-state index contributed by atoms with van der Waals surface area (Å²) in [5, 5.41) is 5.99. The third-order valence-corrected chi connectivity index (χ3v) is 6.01. The van der Waals surface area contributed by atoms with Gasteiger partial charge in [-0.1, -0.05) is 30.3 Å². The van der Waals surface area contributed by atoms with E-state index in [2.05, 4.69) is 10.6 Å². The van der Waals surface area contributed by atoms with Crippen molar-refractivity contribution in [3.8, 4) is 5.75 Å². The Hall–Kier alpha value is -3.91. The normalized spacial score (nSPS) is 14.4. The van der Waals surface area contributed by atoms with Crippen LogP contribution in [0.4, 0.5) is 21.5 Å². The number of piperidine rings is 1. The Morgan fingerprint density at radius 3 is 2.66 bits per heavy atom. The summed E-state index contributed by atoms with van der Waals surface area (Å²) in [6.07, 6.45) is 2.31. The molecule has 35 heavy (non-hydrogen) atoms. The fourth-order valence-corrected chi connectivity index (χ4v) is 4.20. The standard InChI is InChI=1S/C27H29FN4O3/c1-35-24-16-20(12-13-23(24)32-14-5-4-11-25(32)33)31-27(34)26(21-9-2-3-10-22(21)28)30-19-8-6-7-18(15-19)17-29/h2-3,6-10,12-13,15-16,26,30H,4-5,11,14,17,29H2,1H3,(H,31,34). The molecule has 1 unspecified atom stereocenters. The molecular weight excluding hydrogens is 447 g/mol. The van der Waals surface area contributed by atoms with Crippen LogP contribution < -0.4 is 26.0 Å². The summed E-state index contributed by atoms with van der Waals surface area (Å²) < 4.78 is 20.2. The molecule has 3 aromatic carbocycles. The second-order valence-corrected chi connectivity index (χ2v) is 8.38. The van der Waals surface area contributed by atoms with Gasteiger partial charge in [-0.3, -0.25) is 9.59 Å². The summed E-state index contributed by atoms with van der Waals surface area (Å²) >= 11 is 0. The highest BCUT2D eigenvalue weighted by molar-refractivity contribution is 5.99. The number of nitrogens with one attached hydrogen (secondary N) is 2. The number of carbonyl (C=O) groups excluding carboxylic acids is 2. The molecule has 1 aliphatic heterocycles. The van der Waals surface area contributed by atoms with Crippen molar-refractivity contribution in [2.45, 2.75) is 31.8 Å². The minimum atomic E-state index is -1.00. The molecule has 1 fully saturated rings. The topological polar surface area (TPSA) is 96.7 Å². The van der Waals surface area contributed by atoms with Gasteiger partial charge >= 0.3 is 0 Å². The molecule has 7 nitrogen and oxygen atoms in total. The Kier molecular flexibility index (Phi) is 7.62. The van der Waals surface area contributed by atoms with E-state index in [-0.39, 0.29) is 11.5 Å². The zero-order valence-corrected chi connectivity index (χ0v) is 19.6.